The van der Waals surface area contributed by atoms with Crippen LogP contribution in [0.4, 0.5) is 11.4 Å². The Hall–Kier alpha value is -2.11. The number of nitrogen functional groups attached to an aromatic ring is 1. The lowest BCUT2D eigenvalue weighted by molar-refractivity contribution is -0.385. The Balaban J connectivity index is 2.16. The predicted octanol–water partition coefficient (Wildman–Crippen LogP) is 2.49. The van der Waals surface area contributed by atoms with Crippen molar-refractivity contribution in [3.63, 3.8) is 0 Å². The van der Waals surface area contributed by atoms with Crippen molar-refractivity contribution in [3.05, 3.63) is 33.9 Å². The molecule has 0 radical (unpaired) electrons. The van der Waals surface area contributed by atoms with Crippen molar-refractivity contribution >= 4 is 17.3 Å². The first kappa shape index (κ1) is 14.3. The first-order valence-electron chi connectivity index (χ1n) is 6.82. The normalized spacial score (nSPS) is 22.2. The molecule has 6 heteroatoms. The summed E-state index contributed by atoms with van der Waals surface area (Å²) >= 11 is 0. The fourth-order valence-electron chi connectivity index (χ4n) is 2.72. The highest BCUT2D eigenvalue weighted by atomic mass is 16.6. The highest BCUT2D eigenvalue weighted by molar-refractivity contribution is 5.99. The fourth-order valence-corrected chi connectivity index (χ4v) is 2.72. The molecule has 0 aromatic heterocycles. The molecule has 2 atom stereocenters. The smallest absolute Gasteiger partial charge is 0.282 e. The predicted molar refractivity (Wildman–Crippen MR) is 76.4 cm³/mol. The number of benzene rings is 1. The third kappa shape index (κ3) is 3.26. The molecule has 0 aliphatic heterocycles. The van der Waals surface area contributed by atoms with Gasteiger partial charge in [-0.2, -0.15) is 0 Å². The lowest BCUT2D eigenvalue weighted by Crippen LogP contribution is -2.38. The Labute approximate surface area is 117 Å². The fraction of sp³-hybridized carbons (Fsp3) is 0.500. The van der Waals surface area contributed by atoms with Crippen LogP contribution in [0, 0.1) is 16.0 Å². The summed E-state index contributed by atoms with van der Waals surface area (Å²) in [6.07, 6.45) is 4.09. The molecule has 2 unspecified atom stereocenters. The van der Waals surface area contributed by atoms with E-state index in [1.54, 1.807) is 0 Å². The second-order valence-corrected chi connectivity index (χ2v) is 5.48. The third-order valence-electron chi connectivity index (χ3n) is 3.73. The summed E-state index contributed by atoms with van der Waals surface area (Å²) in [5, 5.41) is 13.9. The number of nitrogens with one attached hydrogen (secondary N) is 1. The molecule has 1 saturated carbocycles. The molecule has 1 aromatic rings. The first-order chi connectivity index (χ1) is 9.47. The SMILES string of the molecule is CC1CCCC(NC(=O)c2cc(N)ccc2[N+](=O)[O-])C1. The van der Waals surface area contributed by atoms with E-state index in [9.17, 15) is 14.9 Å². The maximum atomic E-state index is 12.2. The molecule has 0 saturated heterocycles. The number of rotatable bonds is 3. The number of nitrogens with two attached hydrogens (primary N) is 1. The van der Waals surface area contributed by atoms with Crippen molar-refractivity contribution in [3.8, 4) is 0 Å². The van der Waals surface area contributed by atoms with Crippen LogP contribution in [0.1, 0.15) is 43.0 Å². The van der Waals surface area contributed by atoms with Gasteiger partial charge in [0.25, 0.3) is 11.6 Å². The van der Waals surface area contributed by atoms with Crippen molar-refractivity contribution in [1.82, 2.24) is 5.32 Å². The lowest BCUT2D eigenvalue weighted by Gasteiger charge is -2.27. The molecule has 0 spiro atoms. The van der Waals surface area contributed by atoms with Crippen LogP contribution < -0.4 is 11.1 Å². The Morgan fingerprint density at radius 3 is 2.85 bits per heavy atom. The van der Waals surface area contributed by atoms with Crippen LogP contribution in [0.15, 0.2) is 18.2 Å². The van der Waals surface area contributed by atoms with E-state index in [0.717, 1.165) is 19.3 Å². The summed E-state index contributed by atoms with van der Waals surface area (Å²) in [5.74, 6) is 0.160. The van der Waals surface area contributed by atoms with Crippen molar-refractivity contribution in [2.75, 3.05) is 5.73 Å². The monoisotopic (exact) mass is 277 g/mol. The van der Waals surface area contributed by atoms with Gasteiger partial charge < -0.3 is 11.1 Å². The zero-order chi connectivity index (χ0) is 14.7. The molecule has 108 valence electrons. The minimum absolute atomic E-state index is 0.0354. The van der Waals surface area contributed by atoms with Gasteiger partial charge in [-0.15, -0.1) is 0 Å². The van der Waals surface area contributed by atoms with Gasteiger partial charge in [-0.3, -0.25) is 14.9 Å². The van der Waals surface area contributed by atoms with Gasteiger partial charge in [-0.25, -0.2) is 0 Å². The second kappa shape index (κ2) is 5.90. The Kier molecular flexibility index (Phi) is 4.22. The van der Waals surface area contributed by atoms with E-state index in [-0.39, 0.29) is 17.3 Å². The average Bonchev–Trinajstić information content (AvgIpc) is 2.38. The summed E-state index contributed by atoms with van der Waals surface area (Å²) in [5.41, 5.74) is 5.79. The number of amides is 1. The topological polar surface area (TPSA) is 98.3 Å². The summed E-state index contributed by atoms with van der Waals surface area (Å²) in [6.45, 7) is 2.15. The summed E-state index contributed by atoms with van der Waals surface area (Å²) in [6, 6.07) is 4.15. The third-order valence-corrected chi connectivity index (χ3v) is 3.73. The number of nitro benzene ring substituents is 1. The first-order valence-corrected chi connectivity index (χ1v) is 6.82. The number of anilines is 1. The summed E-state index contributed by atoms with van der Waals surface area (Å²) in [7, 11) is 0. The van der Waals surface area contributed by atoms with Crippen LogP contribution in [0.3, 0.4) is 0 Å². The van der Waals surface area contributed by atoms with Crippen molar-refractivity contribution in [1.29, 1.82) is 0 Å². The molecule has 1 aliphatic carbocycles. The molecular weight excluding hydrogens is 258 g/mol. The lowest BCUT2D eigenvalue weighted by atomic mass is 9.87. The van der Waals surface area contributed by atoms with Gasteiger partial charge in [-0.05, 0) is 30.9 Å². The van der Waals surface area contributed by atoms with E-state index in [1.165, 1.54) is 24.6 Å². The Morgan fingerprint density at radius 2 is 2.20 bits per heavy atom. The van der Waals surface area contributed by atoms with Gasteiger partial charge in [0.15, 0.2) is 0 Å². The van der Waals surface area contributed by atoms with Crippen LogP contribution in [0.25, 0.3) is 0 Å². The quantitative estimate of drug-likeness (QED) is 0.503. The molecule has 0 bridgehead atoms. The summed E-state index contributed by atoms with van der Waals surface area (Å²) < 4.78 is 0. The Bertz CT molecular complexity index is 530. The largest absolute Gasteiger partial charge is 0.399 e. The van der Waals surface area contributed by atoms with Crippen LogP contribution in [-0.2, 0) is 0 Å². The van der Waals surface area contributed by atoms with Gasteiger partial charge in [-0.1, -0.05) is 19.8 Å². The number of carbonyl (C=O) groups excluding carboxylic acids is 1. The van der Waals surface area contributed by atoms with E-state index >= 15 is 0 Å². The molecule has 6 nitrogen and oxygen atoms in total. The average molecular weight is 277 g/mol. The van der Waals surface area contributed by atoms with Crippen molar-refractivity contribution in [2.24, 2.45) is 5.92 Å². The van der Waals surface area contributed by atoms with E-state index in [4.69, 9.17) is 5.73 Å². The van der Waals surface area contributed by atoms with E-state index in [1.807, 2.05) is 0 Å². The van der Waals surface area contributed by atoms with Crippen LogP contribution in [0.2, 0.25) is 0 Å². The van der Waals surface area contributed by atoms with Gasteiger partial charge in [0.05, 0.1) is 4.92 Å². The number of nitrogens with zero attached hydrogens (tertiary/aromatic N) is 1. The zero-order valence-electron chi connectivity index (χ0n) is 11.5. The van der Waals surface area contributed by atoms with Gasteiger partial charge >= 0.3 is 0 Å². The molecule has 20 heavy (non-hydrogen) atoms. The van der Waals surface area contributed by atoms with Gasteiger partial charge in [0.1, 0.15) is 5.56 Å². The molecule has 1 fully saturated rings. The van der Waals surface area contributed by atoms with Crippen LogP contribution >= 0.6 is 0 Å². The molecular formula is C14H19N3O3. The standard InChI is InChI=1S/C14H19N3O3/c1-9-3-2-4-11(7-9)16-14(18)12-8-10(15)5-6-13(12)17(19)20/h5-6,8-9,11H,2-4,7,15H2,1H3,(H,16,18). The highest BCUT2D eigenvalue weighted by Crippen LogP contribution is 2.25. The number of nitro groups is 1. The van der Waals surface area contributed by atoms with E-state index < -0.39 is 10.8 Å². The Morgan fingerprint density at radius 1 is 1.45 bits per heavy atom. The number of carbonyl (C=O) groups is 1. The maximum Gasteiger partial charge on any atom is 0.282 e. The molecule has 3 N–H and O–H groups in total. The minimum Gasteiger partial charge on any atom is -0.399 e. The van der Waals surface area contributed by atoms with Crippen molar-refractivity contribution in [2.45, 2.75) is 38.6 Å². The minimum atomic E-state index is -0.558. The molecule has 0 heterocycles. The second-order valence-electron chi connectivity index (χ2n) is 5.48. The summed E-state index contributed by atoms with van der Waals surface area (Å²) in [4.78, 5) is 22.6. The van der Waals surface area contributed by atoms with Gasteiger partial charge in [0, 0.05) is 17.8 Å². The van der Waals surface area contributed by atoms with Crippen LogP contribution in [-0.4, -0.2) is 16.9 Å². The van der Waals surface area contributed by atoms with Crippen molar-refractivity contribution < 1.29 is 9.72 Å². The molecule has 1 amide bonds. The zero-order valence-corrected chi connectivity index (χ0v) is 11.5. The molecule has 1 aliphatic rings. The van der Waals surface area contributed by atoms with E-state index in [2.05, 4.69) is 12.2 Å². The molecule has 1 aromatic carbocycles. The molecule has 2 rings (SSSR count). The van der Waals surface area contributed by atoms with Gasteiger partial charge in [0.2, 0.25) is 0 Å². The number of hydrogen-bond donors (Lipinski definition) is 2. The highest BCUT2D eigenvalue weighted by Gasteiger charge is 2.25. The maximum absolute atomic E-state index is 12.2. The number of hydrogen-bond acceptors (Lipinski definition) is 4. The van der Waals surface area contributed by atoms with E-state index in [0.29, 0.717) is 11.6 Å². The van der Waals surface area contributed by atoms with Crippen LogP contribution in [0.5, 0.6) is 0 Å².